The molecule has 2 aromatic rings. The molecule has 2 N–H and O–H groups in total. The molecule has 0 saturated heterocycles. The van der Waals surface area contributed by atoms with Gasteiger partial charge in [-0.05, 0) is 32.0 Å². The first-order valence-corrected chi connectivity index (χ1v) is 6.70. The van der Waals surface area contributed by atoms with Crippen LogP contribution in [0, 0.1) is 6.07 Å². The fourth-order valence-electron chi connectivity index (χ4n) is 1.37. The van der Waals surface area contributed by atoms with Crippen LogP contribution in [0.1, 0.15) is 20.3 Å². The molecule has 0 aliphatic heterocycles. The van der Waals surface area contributed by atoms with Gasteiger partial charge in [0.2, 0.25) is 0 Å². The van der Waals surface area contributed by atoms with E-state index in [0.29, 0.717) is 6.42 Å². The van der Waals surface area contributed by atoms with Crippen molar-refractivity contribution in [3.63, 3.8) is 0 Å². The number of nitrogens with zero attached hydrogens (tertiary/aromatic N) is 1. The first-order chi connectivity index (χ1) is 8.59. The zero-order valence-electron chi connectivity index (χ0n) is 10.9. The Morgan fingerprint density at radius 3 is 2.32 bits per heavy atom. The fraction of sp³-hybridized carbons (Fsp3) is 0.357. The molecule has 2 rings (SSSR count). The van der Waals surface area contributed by atoms with Gasteiger partial charge in [0.25, 0.3) is 0 Å². The Kier molecular flexibility index (Phi) is 9.92. The Labute approximate surface area is 131 Å². The predicted molar refractivity (Wildman–Crippen MR) is 74.4 cm³/mol. The van der Waals surface area contributed by atoms with E-state index in [1.54, 1.807) is 31.4 Å². The van der Waals surface area contributed by atoms with E-state index in [1.165, 1.54) is 0 Å². The largest absolute Gasteiger partial charge is 0.393 e. The third kappa shape index (κ3) is 8.24. The van der Waals surface area contributed by atoms with Crippen molar-refractivity contribution >= 4 is 11.3 Å². The van der Waals surface area contributed by atoms with Gasteiger partial charge in [0.15, 0.2) is 0 Å². The maximum Gasteiger partial charge on any atom is 0.0536 e. The van der Waals surface area contributed by atoms with E-state index in [-0.39, 0.29) is 32.3 Å². The number of aromatic nitrogens is 1. The van der Waals surface area contributed by atoms with Gasteiger partial charge in [-0.1, -0.05) is 17.0 Å². The maximum atomic E-state index is 8.56. The molecule has 2 unspecified atom stereocenters. The molecular formula is C14H18IrNO2S-. The van der Waals surface area contributed by atoms with Crippen molar-refractivity contribution in [2.45, 2.75) is 32.5 Å². The van der Waals surface area contributed by atoms with Crippen molar-refractivity contribution in [3.05, 3.63) is 41.9 Å². The van der Waals surface area contributed by atoms with Gasteiger partial charge in [-0.25, -0.2) is 11.3 Å². The van der Waals surface area contributed by atoms with Crippen LogP contribution in [0.25, 0.3) is 10.6 Å². The van der Waals surface area contributed by atoms with Crippen molar-refractivity contribution < 1.29 is 30.3 Å². The van der Waals surface area contributed by atoms with Crippen LogP contribution in [0.4, 0.5) is 0 Å². The zero-order chi connectivity index (χ0) is 13.4. The van der Waals surface area contributed by atoms with Crippen molar-refractivity contribution in [2.75, 3.05) is 0 Å². The van der Waals surface area contributed by atoms with Crippen LogP contribution in [0.5, 0.6) is 0 Å². The maximum absolute atomic E-state index is 8.56. The number of aliphatic hydroxyl groups excluding tert-OH is 2. The summed E-state index contributed by atoms with van der Waals surface area (Å²) in [6.07, 6.45) is 1.52. The summed E-state index contributed by atoms with van der Waals surface area (Å²) in [6.45, 7) is 3.32. The second-order valence-electron chi connectivity index (χ2n) is 4.04. The molecule has 0 aliphatic carbocycles. The van der Waals surface area contributed by atoms with Gasteiger partial charge >= 0.3 is 0 Å². The summed E-state index contributed by atoms with van der Waals surface area (Å²) in [5, 5.41) is 19.1. The number of thiophene rings is 1. The second kappa shape index (κ2) is 10.2. The molecular weight excluding hydrogens is 438 g/mol. The summed E-state index contributed by atoms with van der Waals surface area (Å²) >= 11 is 1.66. The number of aliphatic hydroxyl groups is 2. The normalized spacial score (nSPS) is 12.6. The van der Waals surface area contributed by atoms with E-state index in [4.69, 9.17) is 10.2 Å². The minimum Gasteiger partial charge on any atom is -0.393 e. The Bertz CT molecular complexity index is 412. The summed E-state index contributed by atoms with van der Waals surface area (Å²) in [5.74, 6) is 0. The van der Waals surface area contributed by atoms with Crippen molar-refractivity contribution in [2.24, 2.45) is 0 Å². The first kappa shape index (κ1) is 18.4. The average Bonchev–Trinajstić information content (AvgIpc) is 2.82. The monoisotopic (exact) mass is 457 g/mol. The molecule has 2 aromatic heterocycles. The van der Waals surface area contributed by atoms with E-state index < -0.39 is 0 Å². The molecule has 0 saturated carbocycles. The van der Waals surface area contributed by atoms with Gasteiger partial charge in [-0.15, -0.1) is 5.38 Å². The summed E-state index contributed by atoms with van der Waals surface area (Å²) in [5.41, 5.74) is 1.00. The van der Waals surface area contributed by atoms with Gasteiger partial charge in [0.05, 0.1) is 12.2 Å². The fourth-order valence-corrected chi connectivity index (χ4v) is 2.02. The molecule has 5 heteroatoms. The molecule has 0 bridgehead atoms. The summed E-state index contributed by atoms with van der Waals surface area (Å²) in [6, 6.07) is 10.9. The number of rotatable bonds is 3. The summed E-state index contributed by atoms with van der Waals surface area (Å²) in [7, 11) is 0. The van der Waals surface area contributed by atoms with E-state index >= 15 is 0 Å². The summed E-state index contributed by atoms with van der Waals surface area (Å²) < 4.78 is 0. The molecule has 0 aromatic carbocycles. The predicted octanol–water partition coefficient (Wildman–Crippen LogP) is 2.75. The molecule has 0 amide bonds. The van der Waals surface area contributed by atoms with Crippen molar-refractivity contribution in [3.8, 4) is 10.6 Å². The van der Waals surface area contributed by atoms with Crippen LogP contribution in [0.2, 0.25) is 0 Å². The number of hydrogen-bond donors (Lipinski definition) is 2. The smallest absolute Gasteiger partial charge is 0.0536 e. The Morgan fingerprint density at radius 1 is 1.26 bits per heavy atom. The zero-order valence-corrected chi connectivity index (χ0v) is 14.1. The Morgan fingerprint density at radius 2 is 1.95 bits per heavy atom. The van der Waals surface area contributed by atoms with E-state index in [9.17, 15) is 0 Å². The molecule has 3 nitrogen and oxygen atoms in total. The molecule has 0 aliphatic rings. The van der Waals surface area contributed by atoms with Crippen LogP contribution in [-0.4, -0.2) is 27.4 Å². The van der Waals surface area contributed by atoms with Gasteiger partial charge in [0, 0.05) is 26.3 Å². The van der Waals surface area contributed by atoms with Crippen LogP contribution in [-0.2, 0) is 20.1 Å². The minimum atomic E-state index is -0.375. The molecule has 107 valence electrons. The molecule has 2 heterocycles. The summed E-state index contributed by atoms with van der Waals surface area (Å²) in [4.78, 5) is 5.30. The third-order valence-corrected chi connectivity index (χ3v) is 2.88. The quantitative estimate of drug-likeness (QED) is 0.699. The third-order valence-electron chi connectivity index (χ3n) is 2.05. The van der Waals surface area contributed by atoms with Crippen molar-refractivity contribution in [1.82, 2.24) is 4.98 Å². The van der Waals surface area contributed by atoms with Gasteiger partial charge in [-0.2, -0.15) is 12.1 Å². The van der Waals surface area contributed by atoms with E-state index in [0.717, 1.165) is 10.6 Å². The molecule has 1 radical (unpaired) electrons. The average molecular weight is 457 g/mol. The van der Waals surface area contributed by atoms with E-state index in [2.05, 4.69) is 11.1 Å². The van der Waals surface area contributed by atoms with Crippen LogP contribution in [0.15, 0.2) is 35.8 Å². The van der Waals surface area contributed by atoms with Crippen LogP contribution in [0.3, 0.4) is 0 Å². The molecule has 19 heavy (non-hydrogen) atoms. The number of pyridine rings is 1. The van der Waals surface area contributed by atoms with Gasteiger partial charge < -0.3 is 15.2 Å². The van der Waals surface area contributed by atoms with Crippen LogP contribution >= 0.6 is 11.3 Å². The molecule has 0 spiro atoms. The van der Waals surface area contributed by atoms with Crippen molar-refractivity contribution in [1.29, 1.82) is 0 Å². The first-order valence-electron chi connectivity index (χ1n) is 5.82. The Hall–Kier alpha value is -0.581. The minimum absolute atomic E-state index is 0. The second-order valence-corrected chi connectivity index (χ2v) is 4.96. The molecule has 2 atom stereocenters. The topological polar surface area (TPSA) is 53.4 Å². The van der Waals surface area contributed by atoms with Gasteiger partial charge in [0.1, 0.15) is 0 Å². The van der Waals surface area contributed by atoms with Gasteiger partial charge in [-0.3, -0.25) is 0 Å². The van der Waals surface area contributed by atoms with E-state index in [1.807, 2.05) is 29.6 Å². The number of hydrogen-bond acceptors (Lipinski definition) is 4. The molecule has 0 fully saturated rings. The standard InChI is InChI=1S/C9H6NS.C5H12O2.Ir/c1-2-6-10-8(4-1)9-5-3-7-11-9;1-4(6)3-5(2)7;/h1-4,6-7H;4-7H,3H2,1-2H3;/q-1;;. The SMILES string of the molecule is CC(O)CC(C)O.[Ir].[c-]1ccsc1-c1ccccn1. The van der Waals surface area contributed by atoms with Crippen LogP contribution < -0.4 is 0 Å². The Balaban J connectivity index is 0.000000360.